The number of fused-ring (bicyclic) bond motifs is 1. The zero-order chi connectivity index (χ0) is 29.4. The normalized spacial score (nSPS) is 11.9. The van der Waals surface area contributed by atoms with Crippen molar-refractivity contribution in [3.63, 3.8) is 0 Å². The number of carbonyl (C=O) groups excluding carboxylic acids is 2. The van der Waals surface area contributed by atoms with Gasteiger partial charge in [0.25, 0.3) is 11.8 Å². The van der Waals surface area contributed by atoms with Crippen LogP contribution in [0.15, 0.2) is 85.2 Å². The van der Waals surface area contributed by atoms with Crippen molar-refractivity contribution < 1.29 is 18.4 Å². The fraction of sp³-hybridized carbons (Fsp3) is 0.194. The molecule has 208 valence electrons. The van der Waals surface area contributed by atoms with Crippen LogP contribution in [0.25, 0.3) is 28.2 Å². The molecule has 0 radical (unpaired) electrons. The summed E-state index contributed by atoms with van der Waals surface area (Å²) in [5.74, 6) is -3.28. The summed E-state index contributed by atoms with van der Waals surface area (Å²) in [7, 11) is 0. The lowest BCUT2D eigenvalue weighted by Gasteiger charge is -2.17. The lowest BCUT2D eigenvalue weighted by Crippen LogP contribution is -2.27. The molecule has 0 fully saturated rings. The number of anilines is 2. The average Bonchev–Trinajstić information content (AvgIpc) is 3.37. The summed E-state index contributed by atoms with van der Waals surface area (Å²) in [6.07, 6.45) is 3.27. The lowest BCUT2D eigenvalue weighted by atomic mass is 9.96. The van der Waals surface area contributed by atoms with Gasteiger partial charge in [0.2, 0.25) is 5.91 Å². The minimum Gasteiger partial charge on any atom is -0.322 e. The van der Waals surface area contributed by atoms with E-state index in [4.69, 9.17) is 5.10 Å². The Morgan fingerprint density at radius 2 is 1.56 bits per heavy atom. The molecule has 0 atom stereocenters. The maximum absolute atomic E-state index is 13.8. The molecular formula is C31H28F2N6O2. The van der Waals surface area contributed by atoms with Gasteiger partial charge in [0.1, 0.15) is 5.82 Å². The number of nitrogens with one attached hydrogen (secondary N) is 2. The van der Waals surface area contributed by atoms with Crippen LogP contribution < -0.4 is 10.6 Å². The van der Waals surface area contributed by atoms with Crippen LogP contribution >= 0.6 is 0 Å². The Morgan fingerprint density at radius 1 is 0.805 bits per heavy atom. The van der Waals surface area contributed by atoms with Crippen molar-refractivity contribution in [2.45, 2.75) is 33.6 Å². The number of hydrogen-bond acceptors (Lipinski definition) is 5. The molecule has 41 heavy (non-hydrogen) atoms. The van der Waals surface area contributed by atoms with Gasteiger partial charge in [0.15, 0.2) is 5.65 Å². The van der Waals surface area contributed by atoms with E-state index in [1.54, 1.807) is 53.3 Å². The first-order chi connectivity index (χ1) is 19.4. The van der Waals surface area contributed by atoms with E-state index in [1.165, 1.54) is 24.3 Å². The Bertz CT molecular complexity index is 1770. The van der Waals surface area contributed by atoms with Crippen LogP contribution in [0, 0.1) is 5.41 Å². The molecule has 0 saturated carbocycles. The Balaban J connectivity index is 1.42. The Morgan fingerprint density at radius 3 is 2.32 bits per heavy atom. The molecule has 10 heteroatoms. The smallest absolute Gasteiger partial charge is 0.270 e. The topological polar surface area (TPSA) is 101 Å². The minimum atomic E-state index is -3.05. The van der Waals surface area contributed by atoms with Crippen LogP contribution in [0.1, 0.15) is 43.6 Å². The highest BCUT2D eigenvalue weighted by Gasteiger charge is 2.25. The van der Waals surface area contributed by atoms with Crippen LogP contribution in [0.5, 0.6) is 0 Å². The van der Waals surface area contributed by atoms with Gasteiger partial charge in [0.05, 0.1) is 11.4 Å². The highest BCUT2D eigenvalue weighted by atomic mass is 19.3. The lowest BCUT2D eigenvalue weighted by molar-refractivity contribution is -0.123. The summed E-state index contributed by atoms with van der Waals surface area (Å²) in [5, 5.41) is 10.4. The van der Waals surface area contributed by atoms with E-state index in [-0.39, 0.29) is 17.0 Å². The first-order valence-corrected chi connectivity index (χ1v) is 12.9. The highest BCUT2D eigenvalue weighted by molar-refractivity contribution is 6.04. The summed E-state index contributed by atoms with van der Waals surface area (Å²) < 4.78 is 29.2. The summed E-state index contributed by atoms with van der Waals surface area (Å²) >= 11 is 0. The summed E-state index contributed by atoms with van der Waals surface area (Å²) in [6, 6.07) is 19.7. The molecule has 0 aliphatic heterocycles. The van der Waals surface area contributed by atoms with E-state index in [2.05, 4.69) is 20.6 Å². The molecule has 5 rings (SSSR count). The van der Waals surface area contributed by atoms with E-state index in [0.29, 0.717) is 22.8 Å². The fourth-order valence-electron chi connectivity index (χ4n) is 4.11. The first-order valence-electron chi connectivity index (χ1n) is 12.9. The molecule has 2 amide bonds. The molecular weight excluding hydrogens is 526 g/mol. The second-order valence-electron chi connectivity index (χ2n) is 10.8. The average molecular weight is 555 g/mol. The summed E-state index contributed by atoms with van der Waals surface area (Å²) in [6.45, 7) is 6.27. The van der Waals surface area contributed by atoms with E-state index in [1.807, 2.05) is 32.9 Å². The van der Waals surface area contributed by atoms with E-state index in [0.717, 1.165) is 23.7 Å². The zero-order valence-electron chi connectivity index (χ0n) is 22.9. The van der Waals surface area contributed by atoms with E-state index in [9.17, 15) is 18.4 Å². The molecule has 2 N–H and O–H groups in total. The minimum absolute atomic E-state index is 0.132. The number of carbonyl (C=O) groups is 2. The molecule has 0 spiro atoms. The second kappa shape index (κ2) is 10.5. The third-order valence-corrected chi connectivity index (χ3v) is 6.38. The second-order valence-corrected chi connectivity index (χ2v) is 10.8. The third-order valence-electron chi connectivity index (χ3n) is 6.38. The maximum atomic E-state index is 13.8. The predicted molar refractivity (Wildman–Crippen MR) is 154 cm³/mol. The maximum Gasteiger partial charge on any atom is 0.270 e. The molecule has 0 unspecified atom stereocenters. The van der Waals surface area contributed by atoms with Crippen LogP contribution in [0.4, 0.5) is 20.3 Å². The SMILES string of the molecule is CC(C)(C)C(=O)Nc1cc(-c2cc3nccc(-c4cccc(NC(=O)c5cccc(C(C)(F)F)c5)c4)n3n2)ccn1. The van der Waals surface area contributed by atoms with Crippen LogP contribution in [-0.4, -0.2) is 31.4 Å². The number of pyridine rings is 1. The quantitative estimate of drug-likeness (QED) is 0.240. The largest absolute Gasteiger partial charge is 0.322 e. The molecule has 0 saturated heterocycles. The standard InChI is InChI=1S/C31H28F2N6O2/c1-30(2,3)29(41)37-26-17-19(11-13-34-26)24-18-27-35-14-12-25(39(27)38-24)20-7-6-10-23(16-20)36-28(40)21-8-5-9-22(15-21)31(4,32)33/h5-18H,1-4H3,(H,36,40)(H,34,37,41). The van der Waals surface area contributed by atoms with Crippen LogP contribution in [-0.2, 0) is 10.7 Å². The third kappa shape index (κ3) is 6.11. The van der Waals surface area contributed by atoms with Crippen molar-refractivity contribution in [2.24, 2.45) is 5.41 Å². The first kappa shape index (κ1) is 27.6. The van der Waals surface area contributed by atoms with Gasteiger partial charge in [-0.25, -0.2) is 23.3 Å². The van der Waals surface area contributed by atoms with Gasteiger partial charge >= 0.3 is 0 Å². The number of alkyl halides is 2. The Hall–Kier alpha value is -4.99. The highest BCUT2D eigenvalue weighted by Crippen LogP contribution is 2.29. The van der Waals surface area contributed by atoms with Gasteiger partial charge in [-0.1, -0.05) is 45.0 Å². The van der Waals surface area contributed by atoms with Crippen molar-refractivity contribution in [1.29, 1.82) is 0 Å². The van der Waals surface area contributed by atoms with Crippen molar-refractivity contribution in [3.8, 4) is 22.5 Å². The van der Waals surface area contributed by atoms with Gasteiger partial charge in [0, 0.05) is 58.7 Å². The Labute approximate surface area is 235 Å². The molecule has 3 heterocycles. The Kier molecular flexibility index (Phi) is 7.08. The van der Waals surface area contributed by atoms with Gasteiger partial charge in [-0.15, -0.1) is 0 Å². The van der Waals surface area contributed by atoms with Crippen molar-refractivity contribution in [2.75, 3.05) is 10.6 Å². The number of amides is 2. The van der Waals surface area contributed by atoms with Crippen LogP contribution in [0.2, 0.25) is 0 Å². The molecule has 0 bridgehead atoms. The van der Waals surface area contributed by atoms with Crippen molar-refractivity contribution in [3.05, 3.63) is 96.3 Å². The number of aromatic nitrogens is 4. The summed E-state index contributed by atoms with van der Waals surface area (Å²) in [4.78, 5) is 34.0. The zero-order valence-corrected chi connectivity index (χ0v) is 22.9. The molecule has 2 aromatic carbocycles. The number of halogens is 2. The number of rotatable bonds is 6. The fourth-order valence-corrected chi connectivity index (χ4v) is 4.11. The number of hydrogen-bond donors (Lipinski definition) is 2. The van der Waals surface area contributed by atoms with Gasteiger partial charge in [-0.2, -0.15) is 5.10 Å². The number of nitrogens with zero attached hydrogens (tertiary/aromatic N) is 4. The summed E-state index contributed by atoms with van der Waals surface area (Å²) in [5.41, 5.74) is 3.29. The van der Waals surface area contributed by atoms with Gasteiger partial charge in [-0.3, -0.25) is 9.59 Å². The van der Waals surface area contributed by atoms with E-state index < -0.39 is 17.2 Å². The number of benzene rings is 2. The van der Waals surface area contributed by atoms with E-state index >= 15 is 0 Å². The van der Waals surface area contributed by atoms with Crippen molar-refractivity contribution >= 4 is 29.0 Å². The van der Waals surface area contributed by atoms with Crippen LogP contribution in [0.3, 0.4) is 0 Å². The molecule has 8 nitrogen and oxygen atoms in total. The van der Waals surface area contributed by atoms with Crippen molar-refractivity contribution in [1.82, 2.24) is 19.6 Å². The van der Waals surface area contributed by atoms with Gasteiger partial charge in [-0.05, 0) is 42.5 Å². The molecule has 0 aliphatic carbocycles. The molecule has 3 aromatic heterocycles. The van der Waals surface area contributed by atoms with Gasteiger partial charge < -0.3 is 10.6 Å². The predicted octanol–water partition coefficient (Wildman–Crippen LogP) is 6.81. The monoisotopic (exact) mass is 554 g/mol. The molecule has 5 aromatic rings. The molecule has 0 aliphatic rings.